The van der Waals surface area contributed by atoms with Gasteiger partial charge in [0.1, 0.15) is 17.5 Å². The average Bonchev–Trinajstić information content (AvgIpc) is 2.87. The number of nitrogen functional groups attached to an aromatic ring is 1. The van der Waals surface area contributed by atoms with Crippen LogP contribution in [0, 0.1) is 11.3 Å². The minimum Gasteiger partial charge on any atom is -0.383 e. The molecule has 0 saturated heterocycles. The Morgan fingerprint density at radius 2 is 1.79 bits per heavy atom. The van der Waals surface area contributed by atoms with Crippen molar-refractivity contribution < 1.29 is 0 Å². The van der Waals surface area contributed by atoms with Crippen LogP contribution in [0.4, 0.5) is 5.82 Å². The molecule has 3 aromatic rings. The van der Waals surface area contributed by atoms with Crippen molar-refractivity contribution >= 4 is 29.0 Å². The van der Waals surface area contributed by atoms with Gasteiger partial charge >= 0.3 is 0 Å². The Labute approximate surface area is 150 Å². The molecule has 0 atom stereocenters. The molecule has 1 aromatic heterocycles. The maximum atomic E-state index is 9.42. The molecule has 0 fully saturated rings. The number of nitrogens with zero attached hydrogens (tertiary/aromatic N) is 3. The quantitative estimate of drug-likeness (QED) is 0.758. The van der Waals surface area contributed by atoms with Crippen molar-refractivity contribution in [1.29, 1.82) is 5.26 Å². The monoisotopic (exact) mass is 356 g/mol. The van der Waals surface area contributed by atoms with Gasteiger partial charge in [-0.25, -0.2) is 4.68 Å². The van der Waals surface area contributed by atoms with E-state index in [9.17, 15) is 5.26 Å². The Morgan fingerprint density at radius 1 is 1.08 bits per heavy atom. The van der Waals surface area contributed by atoms with E-state index in [0.717, 1.165) is 11.1 Å². The van der Waals surface area contributed by atoms with Crippen molar-refractivity contribution in [2.45, 2.75) is 13.0 Å². The fraction of sp³-hybridized carbons (Fsp3) is 0.111. The second-order valence-electron chi connectivity index (χ2n) is 5.37. The van der Waals surface area contributed by atoms with E-state index < -0.39 is 0 Å². The summed E-state index contributed by atoms with van der Waals surface area (Å²) in [5.41, 5.74) is 9.06. The van der Waals surface area contributed by atoms with Gasteiger partial charge in [0, 0.05) is 16.5 Å². The van der Waals surface area contributed by atoms with Crippen molar-refractivity contribution in [1.82, 2.24) is 9.78 Å². The van der Waals surface area contributed by atoms with Crippen LogP contribution in [0.2, 0.25) is 10.0 Å². The van der Waals surface area contributed by atoms with Gasteiger partial charge in [0.15, 0.2) is 0 Å². The number of rotatable bonds is 4. The van der Waals surface area contributed by atoms with Gasteiger partial charge < -0.3 is 5.73 Å². The van der Waals surface area contributed by atoms with Gasteiger partial charge in [-0.15, -0.1) is 0 Å². The number of nitrogens with two attached hydrogens (primary N) is 1. The Hall–Kier alpha value is -2.48. The minimum absolute atomic E-state index is 0.349. The summed E-state index contributed by atoms with van der Waals surface area (Å²) in [4.78, 5) is 0. The Bertz CT molecular complexity index is 908. The van der Waals surface area contributed by atoms with Crippen molar-refractivity contribution in [3.8, 4) is 6.07 Å². The van der Waals surface area contributed by atoms with E-state index in [1.165, 1.54) is 0 Å². The summed E-state index contributed by atoms with van der Waals surface area (Å²) >= 11 is 12.1. The van der Waals surface area contributed by atoms with Gasteiger partial charge in [0.25, 0.3) is 0 Å². The van der Waals surface area contributed by atoms with Gasteiger partial charge in [0.05, 0.1) is 12.2 Å². The predicted molar refractivity (Wildman–Crippen MR) is 96.2 cm³/mol. The topological polar surface area (TPSA) is 67.6 Å². The number of anilines is 1. The van der Waals surface area contributed by atoms with E-state index in [1.807, 2.05) is 48.5 Å². The third-order valence-corrected chi connectivity index (χ3v) is 4.36. The third kappa shape index (κ3) is 3.38. The molecule has 0 saturated carbocycles. The molecule has 0 aliphatic heterocycles. The minimum atomic E-state index is 0.349. The highest BCUT2D eigenvalue weighted by Crippen LogP contribution is 2.23. The lowest BCUT2D eigenvalue weighted by Gasteiger charge is -2.06. The maximum absolute atomic E-state index is 9.42. The molecule has 0 aliphatic rings. The van der Waals surface area contributed by atoms with Crippen LogP contribution in [0.5, 0.6) is 0 Å². The maximum Gasteiger partial charge on any atom is 0.140 e. The molecule has 0 unspecified atom stereocenters. The van der Waals surface area contributed by atoms with Crippen LogP contribution in [0.15, 0.2) is 48.5 Å². The number of hydrogen-bond acceptors (Lipinski definition) is 3. The standard InChI is InChI=1S/C18H14Cl2N4/c19-14-7-5-12(6-8-14)9-17-15(10-21)18(22)24(23-17)11-13-3-1-2-4-16(13)20/h1-8H,9,11,22H2. The zero-order valence-electron chi connectivity index (χ0n) is 12.7. The lowest BCUT2D eigenvalue weighted by atomic mass is 10.1. The van der Waals surface area contributed by atoms with Crippen LogP contribution in [0.3, 0.4) is 0 Å². The van der Waals surface area contributed by atoms with Crippen molar-refractivity contribution in [3.63, 3.8) is 0 Å². The van der Waals surface area contributed by atoms with Crippen LogP contribution in [-0.2, 0) is 13.0 Å². The SMILES string of the molecule is N#Cc1c(Cc2ccc(Cl)cc2)nn(Cc2ccccc2Cl)c1N. The second-order valence-corrected chi connectivity index (χ2v) is 6.21. The molecule has 0 spiro atoms. The molecule has 0 amide bonds. The van der Waals surface area contributed by atoms with Crippen molar-refractivity contribution in [2.75, 3.05) is 5.73 Å². The number of halogens is 2. The van der Waals surface area contributed by atoms with Crippen LogP contribution in [0.1, 0.15) is 22.4 Å². The zero-order chi connectivity index (χ0) is 17.1. The summed E-state index contributed by atoms with van der Waals surface area (Å²) in [5, 5.41) is 15.3. The van der Waals surface area contributed by atoms with E-state index in [-0.39, 0.29) is 0 Å². The molecular weight excluding hydrogens is 343 g/mol. The first-order valence-corrected chi connectivity index (χ1v) is 8.07. The number of nitriles is 1. The molecule has 0 aliphatic carbocycles. The Kier molecular flexibility index (Phi) is 4.75. The molecule has 120 valence electrons. The van der Waals surface area contributed by atoms with Gasteiger partial charge in [-0.1, -0.05) is 53.5 Å². The Morgan fingerprint density at radius 3 is 2.46 bits per heavy atom. The van der Waals surface area contributed by atoms with Crippen LogP contribution >= 0.6 is 23.2 Å². The van der Waals surface area contributed by atoms with Gasteiger partial charge in [-0.05, 0) is 29.3 Å². The second kappa shape index (κ2) is 6.96. The van der Waals surface area contributed by atoms with Crippen LogP contribution < -0.4 is 5.73 Å². The zero-order valence-corrected chi connectivity index (χ0v) is 14.2. The Balaban J connectivity index is 1.92. The van der Waals surface area contributed by atoms with Gasteiger partial charge in [-0.3, -0.25) is 0 Å². The van der Waals surface area contributed by atoms with E-state index in [2.05, 4.69) is 11.2 Å². The highest BCUT2D eigenvalue weighted by atomic mass is 35.5. The van der Waals surface area contributed by atoms with Gasteiger partial charge in [-0.2, -0.15) is 10.4 Å². The van der Waals surface area contributed by atoms with E-state index in [4.69, 9.17) is 28.9 Å². The average molecular weight is 357 g/mol. The smallest absolute Gasteiger partial charge is 0.140 e. The van der Waals surface area contributed by atoms with Crippen LogP contribution in [-0.4, -0.2) is 9.78 Å². The van der Waals surface area contributed by atoms with Crippen LogP contribution in [0.25, 0.3) is 0 Å². The van der Waals surface area contributed by atoms with Crippen molar-refractivity contribution in [2.24, 2.45) is 0 Å². The summed E-state index contributed by atoms with van der Waals surface area (Å²) in [6.45, 7) is 0.417. The lowest BCUT2D eigenvalue weighted by Crippen LogP contribution is -2.07. The molecule has 1 heterocycles. The first kappa shape index (κ1) is 16.4. The normalized spacial score (nSPS) is 10.5. The summed E-state index contributed by atoms with van der Waals surface area (Å²) < 4.78 is 1.62. The largest absolute Gasteiger partial charge is 0.383 e. The predicted octanol–water partition coefficient (Wildman–Crippen LogP) is 4.28. The fourth-order valence-corrected chi connectivity index (χ4v) is 2.80. The highest BCUT2D eigenvalue weighted by molar-refractivity contribution is 6.31. The number of hydrogen-bond donors (Lipinski definition) is 1. The molecule has 0 bridgehead atoms. The van der Waals surface area contributed by atoms with Gasteiger partial charge in [0.2, 0.25) is 0 Å². The molecule has 6 heteroatoms. The van der Waals surface area contributed by atoms with Crippen molar-refractivity contribution in [3.05, 3.63) is 81.0 Å². The summed E-state index contributed by atoms with van der Waals surface area (Å²) in [6, 6.07) is 17.1. The van der Waals surface area contributed by atoms with E-state index in [0.29, 0.717) is 40.1 Å². The van der Waals surface area contributed by atoms with E-state index in [1.54, 1.807) is 4.68 Å². The first-order chi connectivity index (χ1) is 11.6. The molecule has 2 aromatic carbocycles. The molecule has 2 N–H and O–H groups in total. The lowest BCUT2D eigenvalue weighted by molar-refractivity contribution is 0.685. The fourth-order valence-electron chi connectivity index (χ4n) is 2.48. The number of benzene rings is 2. The molecule has 3 rings (SSSR count). The highest BCUT2D eigenvalue weighted by Gasteiger charge is 2.16. The third-order valence-electron chi connectivity index (χ3n) is 3.74. The molecule has 4 nitrogen and oxygen atoms in total. The molecular formula is C18H14Cl2N4. The summed E-state index contributed by atoms with van der Waals surface area (Å²) in [7, 11) is 0. The first-order valence-electron chi connectivity index (χ1n) is 7.31. The number of aromatic nitrogens is 2. The summed E-state index contributed by atoms with van der Waals surface area (Å²) in [6.07, 6.45) is 0.514. The summed E-state index contributed by atoms with van der Waals surface area (Å²) in [5.74, 6) is 0.349. The molecule has 0 radical (unpaired) electrons. The molecule has 24 heavy (non-hydrogen) atoms. The van der Waals surface area contributed by atoms with E-state index >= 15 is 0 Å².